The molecule has 0 radical (unpaired) electrons. The van der Waals surface area contributed by atoms with Gasteiger partial charge in [-0.1, -0.05) is 13.8 Å². The van der Waals surface area contributed by atoms with Gasteiger partial charge in [0.05, 0.1) is 10.7 Å². The Morgan fingerprint density at radius 3 is 2.89 bits per heavy atom. The minimum atomic E-state index is 0.315. The van der Waals surface area contributed by atoms with Crippen LogP contribution in [0.1, 0.15) is 42.6 Å². The Bertz CT molecular complexity index is 490. The van der Waals surface area contributed by atoms with Gasteiger partial charge in [-0.15, -0.1) is 11.3 Å². The van der Waals surface area contributed by atoms with Crippen molar-refractivity contribution in [3.8, 4) is 0 Å². The number of nitrogens with one attached hydrogen (secondary N) is 1. The van der Waals surface area contributed by atoms with E-state index in [4.69, 9.17) is 0 Å². The van der Waals surface area contributed by atoms with Gasteiger partial charge < -0.3 is 5.32 Å². The number of hydrogen-bond donors (Lipinski definition) is 1. The van der Waals surface area contributed by atoms with E-state index in [0.29, 0.717) is 6.04 Å². The summed E-state index contributed by atoms with van der Waals surface area (Å²) < 4.78 is 1.91. The first-order chi connectivity index (χ1) is 9.24. The summed E-state index contributed by atoms with van der Waals surface area (Å²) in [7, 11) is 1.99. The van der Waals surface area contributed by atoms with Crippen LogP contribution in [0.3, 0.4) is 0 Å². The van der Waals surface area contributed by atoms with Crippen LogP contribution in [0.5, 0.6) is 0 Å². The first kappa shape index (κ1) is 14.2. The summed E-state index contributed by atoms with van der Waals surface area (Å²) in [5, 5.41) is 11.4. The summed E-state index contributed by atoms with van der Waals surface area (Å²) in [6.45, 7) is 5.37. The van der Waals surface area contributed by atoms with Crippen LogP contribution in [0.25, 0.3) is 0 Å². The fraction of sp³-hybridized carbons (Fsp3) is 0.571. The molecule has 1 unspecified atom stereocenters. The van der Waals surface area contributed by atoms with Crippen LogP contribution in [-0.2, 0) is 19.9 Å². The van der Waals surface area contributed by atoms with Gasteiger partial charge in [0.2, 0.25) is 0 Å². The second kappa shape index (κ2) is 6.82. The lowest BCUT2D eigenvalue weighted by molar-refractivity contribution is 0.525. The summed E-state index contributed by atoms with van der Waals surface area (Å²) in [5.41, 5.74) is 2.50. The summed E-state index contributed by atoms with van der Waals surface area (Å²) in [4.78, 5) is 4.40. The highest BCUT2D eigenvalue weighted by atomic mass is 32.1. The topological polar surface area (TPSA) is 42.7 Å². The molecule has 1 atom stereocenters. The van der Waals surface area contributed by atoms with Crippen molar-refractivity contribution < 1.29 is 0 Å². The normalized spacial score (nSPS) is 12.8. The van der Waals surface area contributed by atoms with Gasteiger partial charge in [-0.05, 0) is 19.4 Å². The average Bonchev–Trinajstić information content (AvgIpc) is 3.03. The Morgan fingerprint density at radius 2 is 2.26 bits per heavy atom. The van der Waals surface area contributed by atoms with E-state index in [-0.39, 0.29) is 0 Å². The number of aromatic nitrogens is 3. The van der Waals surface area contributed by atoms with Gasteiger partial charge in [-0.25, -0.2) is 4.98 Å². The molecule has 1 N–H and O–H groups in total. The van der Waals surface area contributed by atoms with Crippen molar-refractivity contribution in [1.29, 1.82) is 0 Å². The molecule has 0 spiro atoms. The van der Waals surface area contributed by atoms with E-state index < -0.39 is 0 Å². The monoisotopic (exact) mass is 278 g/mol. The van der Waals surface area contributed by atoms with Crippen LogP contribution < -0.4 is 5.32 Å². The van der Waals surface area contributed by atoms with Crippen molar-refractivity contribution >= 4 is 11.3 Å². The molecule has 104 valence electrons. The smallest absolute Gasteiger partial charge is 0.0943 e. The molecule has 0 saturated heterocycles. The second-order valence-corrected chi connectivity index (χ2v) is 5.67. The summed E-state index contributed by atoms with van der Waals surface area (Å²) in [6.07, 6.45) is 7.06. The molecular formula is C14H22N4S. The molecular weight excluding hydrogens is 256 g/mol. The average molecular weight is 278 g/mol. The molecule has 0 saturated carbocycles. The molecule has 0 aliphatic heterocycles. The van der Waals surface area contributed by atoms with Gasteiger partial charge in [-0.3, -0.25) is 4.68 Å². The van der Waals surface area contributed by atoms with Crippen LogP contribution in [-0.4, -0.2) is 21.3 Å². The highest BCUT2D eigenvalue weighted by Crippen LogP contribution is 2.22. The first-order valence-corrected chi connectivity index (χ1v) is 7.76. The molecule has 19 heavy (non-hydrogen) atoms. The van der Waals surface area contributed by atoms with Crippen molar-refractivity contribution in [2.45, 2.75) is 39.2 Å². The number of nitrogens with zero attached hydrogens (tertiary/aromatic N) is 3. The maximum absolute atomic E-state index is 4.55. The number of hydrogen-bond acceptors (Lipinski definition) is 4. The second-order valence-electron chi connectivity index (χ2n) is 4.70. The van der Waals surface area contributed by atoms with Crippen LogP contribution >= 0.6 is 11.3 Å². The van der Waals surface area contributed by atoms with E-state index in [2.05, 4.69) is 35.4 Å². The predicted octanol–water partition coefficient (Wildman–Crippen LogP) is 2.72. The molecule has 2 rings (SSSR count). The third-order valence-corrected chi connectivity index (χ3v) is 3.95. The van der Waals surface area contributed by atoms with Crippen molar-refractivity contribution in [3.05, 3.63) is 34.0 Å². The van der Waals surface area contributed by atoms with E-state index in [9.17, 15) is 0 Å². The fourth-order valence-electron chi connectivity index (χ4n) is 2.26. The largest absolute Gasteiger partial charge is 0.309 e. The van der Waals surface area contributed by atoms with E-state index >= 15 is 0 Å². The molecule has 0 bridgehead atoms. The van der Waals surface area contributed by atoms with Crippen LogP contribution in [0.15, 0.2) is 17.8 Å². The molecule has 2 aromatic rings. The zero-order chi connectivity index (χ0) is 13.7. The van der Waals surface area contributed by atoms with Crippen molar-refractivity contribution in [1.82, 2.24) is 20.1 Å². The highest BCUT2D eigenvalue weighted by molar-refractivity contribution is 7.09. The lowest BCUT2D eigenvalue weighted by Crippen LogP contribution is -2.24. The molecule has 0 aromatic carbocycles. The Morgan fingerprint density at radius 1 is 1.42 bits per heavy atom. The Kier molecular flexibility index (Phi) is 5.10. The van der Waals surface area contributed by atoms with E-state index in [1.54, 1.807) is 11.3 Å². The van der Waals surface area contributed by atoms with E-state index in [1.165, 1.54) is 16.3 Å². The van der Waals surface area contributed by atoms with E-state index in [1.807, 2.05) is 23.3 Å². The fourth-order valence-corrected chi connectivity index (χ4v) is 2.92. The predicted molar refractivity (Wildman–Crippen MR) is 79.4 cm³/mol. The Balaban J connectivity index is 2.20. The number of rotatable bonds is 7. The minimum absolute atomic E-state index is 0.315. The first-order valence-electron chi connectivity index (χ1n) is 6.88. The van der Waals surface area contributed by atoms with Crippen molar-refractivity contribution in [3.63, 3.8) is 0 Å². The molecule has 0 aliphatic rings. The zero-order valence-corrected chi connectivity index (χ0v) is 12.7. The lowest BCUT2D eigenvalue weighted by Gasteiger charge is -2.17. The van der Waals surface area contributed by atoms with Gasteiger partial charge in [-0.2, -0.15) is 5.10 Å². The van der Waals surface area contributed by atoms with Gasteiger partial charge in [0.15, 0.2) is 0 Å². The van der Waals surface area contributed by atoms with Gasteiger partial charge >= 0.3 is 0 Å². The van der Waals surface area contributed by atoms with Crippen LogP contribution in [0.4, 0.5) is 0 Å². The SMILES string of the molecule is CCCNC(Cc1nccs1)c1cn(C)nc1CC. The van der Waals surface area contributed by atoms with Gasteiger partial charge in [0.1, 0.15) is 0 Å². The maximum atomic E-state index is 4.55. The lowest BCUT2D eigenvalue weighted by atomic mass is 10.0. The maximum Gasteiger partial charge on any atom is 0.0943 e. The van der Waals surface area contributed by atoms with Crippen molar-refractivity contribution in [2.24, 2.45) is 7.05 Å². The molecule has 0 amide bonds. The van der Waals surface area contributed by atoms with Crippen molar-refractivity contribution in [2.75, 3.05) is 6.54 Å². The summed E-state index contributed by atoms with van der Waals surface area (Å²) in [6, 6.07) is 0.315. The Labute approximate surface area is 118 Å². The molecule has 2 aromatic heterocycles. The Hall–Kier alpha value is -1.20. The third-order valence-electron chi connectivity index (χ3n) is 3.15. The minimum Gasteiger partial charge on any atom is -0.309 e. The number of thiazole rings is 1. The van der Waals surface area contributed by atoms with Gasteiger partial charge in [0.25, 0.3) is 0 Å². The quantitative estimate of drug-likeness (QED) is 0.847. The highest BCUT2D eigenvalue weighted by Gasteiger charge is 2.18. The number of aryl methyl sites for hydroxylation is 2. The summed E-state index contributed by atoms with van der Waals surface area (Å²) >= 11 is 1.72. The molecule has 0 fully saturated rings. The molecule has 5 heteroatoms. The third kappa shape index (κ3) is 3.64. The zero-order valence-electron chi connectivity index (χ0n) is 11.9. The van der Waals surface area contributed by atoms with Crippen LogP contribution in [0, 0.1) is 0 Å². The van der Waals surface area contributed by atoms with Gasteiger partial charge in [0, 0.05) is 42.8 Å². The molecule has 0 aliphatic carbocycles. The van der Waals surface area contributed by atoms with E-state index in [0.717, 1.165) is 25.8 Å². The summed E-state index contributed by atoms with van der Waals surface area (Å²) in [5.74, 6) is 0. The molecule has 4 nitrogen and oxygen atoms in total. The molecule has 2 heterocycles. The van der Waals surface area contributed by atoms with Crippen LogP contribution in [0.2, 0.25) is 0 Å². The standard InChI is InChI=1S/C14H22N4S/c1-4-6-15-13(9-14-16-7-8-19-14)11-10-18(3)17-12(11)5-2/h7-8,10,13,15H,4-6,9H2,1-3H3.